The second kappa shape index (κ2) is 27.2. The molecule has 0 heterocycles. The van der Waals surface area contributed by atoms with E-state index in [4.69, 9.17) is 19.1 Å². The maximum absolute atomic E-state index is 12.2. The highest BCUT2D eigenvalue weighted by Gasteiger charge is 2.26. The van der Waals surface area contributed by atoms with Crippen LogP contribution in [0.1, 0.15) is 136 Å². The van der Waals surface area contributed by atoms with Gasteiger partial charge in [0.15, 0.2) is 6.10 Å². The number of phosphoric ester groups is 1. The van der Waals surface area contributed by atoms with Gasteiger partial charge in [-0.15, -0.1) is 0 Å². The summed E-state index contributed by atoms with van der Waals surface area (Å²) in [7, 11) is -4.53. The topological polar surface area (TPSA) is 158 Å². The van der Waals surface area contributed by atoms with Gasteiger partial charge in [-0.3, -0.25) is 18.6 Å². The number of esters is 2. The first-order valence-electron chi connectivity index (χ1n) is 15.6. The lowest BCUT2D eigenvalue weighted by Gasteiger charge is -2.20. The highest BCUT2D eigenvalue weighted by Crippen LogP contribution is 2.43. The summed E-state index contributed by atoms with van der Waals surface area (Å²) in [4.78, 5) is 44.4. The molecule has 0 bridgehead atoms. The van der Waals surface area contributed by atoms with E-state index in [0.717, 1.165) is 25.7 Å². The molecule has 0 saturated carbocycles. The SMILES string of the molecule is CCCCCCCCCCCCCCCCCC(=O)OC[C@H](COP(=O)(O)OCCNC(=O)O)OC(=O)CCCC. The summed E-state index contributed by atoms with van der Waals surface area (Å²) >= 11 is 0. The average molecular weight is 610 g/mol. The summed E-state index contributed by atoms with van der Waals surface area (Å²) in [6.07, 6.45) is 17.9. The van der Waals surface area contributed by atoms with Gasteiger partial charge in [0, 0.05) is 19.4 Å². The van der Waals surface area contributed by atoms with E-state index in [1.165, 1.54) is 70.6 Å². The number of carbonyl (C=O) groups is 3. The Hall–Kier alpha value is -1.68. The Morgan fingerprint density at radius 1 is 0.683 bits per heavy atom. The Morgan fingerprint density at radius 3 is 1.68 bits per heavy atom. The molecule has 41 heavy (non-hydrogen) atoms. The lowest BCUT2D eigenvalue weighted by molar-refractivity contribution is -0.161. The normalized spacial score (nSPS) is 13.3. The number of ether oxygens (including phenoxy) is 2. The van der Waals surface area contributed by atoms with E-state index < -0.39 is 45.2 Å². The second-order valence-electron chi connectivity index (χ2n) is 10.4. The number of phosphoric acid groups is 1. The fraction of sp³-hybridized carbons (Fsp3) is 0.897. The van der Waals surface area contributed by atoms with E-state index in [-0.39, 0.29) is 26.0 Å². The maximum atomic E-state index is 12.2. The molecule has 0 aromatic carbocycles. The molecule has 0 aliphatic heterocycles. The summed E-state index contributed by atoms with van der Waals surface area (Å²) in [5.74, 6) is -0.962. The van der Waals surface area contributed by atoms with Crippen LogP contribution in [0.5, 0.6) is 0 Å². The first-order chi connectivity index (χ1) is 19.7. The lowest BCUT2D eigenvalue weighted by atomic mass is 10.0. The molecular formula is C29H56NO10P. The Morgan fingerprint density at radius 2 is 1.17 bits per heavy atom. The van der Waals surface area contributed by atoms with Crippen LogP contribution in [-0.2, 0) is 32.7 Å². The molecule has 0 radical (unpaired) electrons. The number of hydrogen-bond donors (Lipinski definition) is 3. The van der Waals surface area contributed by atoms with Gasteiger partial charge in [-0.2, -0.15) is 0 Å². The van der Waals surface area contributed by atoms with Gasteiger partial charge < -0.3 is 24.8 Å². The van der Waals surface area contributed by atoms with Crippen LogP contribution in [0.15, 0.2) is 0 Å². The summed E-state index contributed by atoms with van der Waals surface area (Å²) in [5.41, 5.74) is 0. The molecule has 0 fully saturated rings. The fourth-order valence-electron chi connectivity index (χ4n) is 4.11. The molecule has 242 valence electrons. The molecule has 2 atom stereocenters. The molecule has 1 amide bonds. The Kier molecular flexibility index (Phi) is 26.1. The van der Waals surface area contributed by atoms with Gasteiger partial charge in [-0.05, 0) is 12.8 Å². The van der Waals surface area contributed by atoms with E-state index in [1.54, 1.807) is 0 Å². The monoisotopic (exact) mass is 609 g/mol. The van der Waals surface area contributed by atoms with Crippen molar-refractivity contribution in [2.24, 2.45) is 0 Å². The second-order valence-corrected chi connectivity index (χ2v) is 11.9. The fourth-order valence-corrected chi connectivity index (χ4v) is 4.87. The molecule has 0 aromatic rings. The highest BCUT2D eigenvalue weighted by molar-refractivity contribution is 7.47. The molecule has 0 aliphatic rings. The lowest BCUT2D eigenvalue weighted by Crippen LogP contribution is -2.30. The van der Waals surface area contributed by atoms with Crippen LogP contribution in [0, 0.1) is 0 Å². The van der Waals surface area contributed by atoms with E-state index in [1.807, 2.05) is 12.2 Å². The van der Waals surface area contributed by atoms with Crippen LogP contribution in [-0.4, -0.2) is 60.5 Å². The van der Waals surface area contributed by atoms with Gasteiger partial charge in [-0.1, -0.05) is 110 Å². The number of carbonyl (C=O) groups excluding carboxylic acids is 2. The Balaban J connectivity index is 4.10. The summed E-state index contributed by atoms with van der Waals surface area (Å²) in [5, 5.41) is 10.5. The zero-order chi connectivity index (χ0) is 30.6. The molecule has 1 unspecified atom stereocenters. The van der Waals surface area contributed by atoms with Crippen molar-refractivity contribution in [3.05, 3.63) is 0 Å². The van der Waals surface area contributed by atoms with Gasteiger partial charge >= 0.3 is 25.9 Å². The zero-order valence-corrected chi connectivity index (χ0v) is 26.3. The quantitative estimate of drug-likeness (QED) is 0.0446. The Labute approximate surface area is 247 Å². The van der Waals surface area contributed by atoms with Crippen molar-refractivity contribution in [2.45, 2.75) is 142 Å². The third-order valence-electron chi connectivity index (χ3n) is 6.50. The molecule has 0 saturated heterocycles. The Bertz CT molecular complexity index is 722. The standard InChI is InChI=1S/C29H56NO10P/c1-3-5-7-8-9-10-11-12-13-14-15-16-17-18-19-21-27(31)37-24-26(40-28(32)20-6-4-2)25-39-41(35,36)38-23-22-30-29(33)34/h26,30H,3-25H2,1-2H3,(H,33,34)(H,35,36)/t26-/m1/s1. The number of hydrogen-bond acceptors (Lipinski definition) is 8. The van der Waals surface area contributed by atoms with Crippen LogP contribution in [0.2, 0.25) is 0 Å². The molecule has 3 N–H and O–H groups in total. The van der Waals surface area contributed by atoms with Crippen LogP contribution < -0.4 is 5.32 Å². The smallest absolute Gasteiger partial charge is 0.465 e. The van der Waals surface area contributed by atoms with E-state index in [0.29, 0.717) is 12.8 Å². The van der Waals surface area contributed by atoms with Gasteiger partial charge in [0.25, 0.3) is 0 Å². The minimum atomic E-state index is -4.53. The van der Waals surface area contributed by atoms with Crippen molar-refractivity contribution in [2.75, 3.05) is 26.4 Å². The molecule has 11 nitrogen and oxygen atoms in total. The molecular weight excluding hydrogens is 553 g/mol. The molecule has 0 aliphatic carbocycles. The van der Waals surface area contributed by atoms with Crippen molar-refractivity contribution in [1.29, 1.82) is 0 Å². The number of rotatable bonds is 29. The van der Waals surface area contributed by atoms with Crippen molar-refractivity contribution in [1.82, 2.24) is 5.32 Å². The van der Waals surface area contributed by atoms with E-state index in [2.05, 4.69) is 11.4 Å². The number of nitrogens with one attached hydrogen (secondary N) is 1. The largest absolute Gasteiger partial charge is 0.472 e. The van der Waals surface area contributed by atoms with Gasteiger partial charge in [0.05, 0.1) is 13.2 Å². The minimum absolute atomic E-state index is 0.161. The van der Waals surface area contributed by atoms with Crippen molar-refractivity contribution >= 4 is 25.9 Å². The number of amides is 1. The molecule has 0 aromatic heterocycles. The predicted octanol–water partition coefficient (Wildman–Crippen LogP) is 7.29. The maximum Gasteiger partial charge on any atom is 0.472 e. The molecule has 0 spiro atoms. The average Bonchev–Trinajstić information content (AvgIpc) is 2.93. The van der Waals surface area contributed by atoms with E-state index >= 15 is 0 Å². The molecule has 12 heteroatoms. The molecule has 0 rings (SSSR count). The van der Waals surface area contributed by atoms with Crippen molar-refractivity contribution in [3.8, 4) is 0 Å². The first kappa shape index (κ1) is 39.3. The minimum Gasteiger partial charge on any atom is -0.465 e. The summed E-state index contributed by atoms with van der Waals surface area (Å²) < 4.78 is 32.1. The summed E-state index contributed by atoms with van der Waals surface area (Å²) in [6.45, 7) is 2.73. The van der Waals surface area contributed by atoms with Gasteiger partial charge in [0.2, 0.25) is 0 Å². The van der Waals surface area contributed by atoms with Crippen molar-refractivity contribution in [3.63, 3.8) is 0 Å². The predicted molar refractivity (Wildman–Crippen MR) is 158 cm³/mol. The van der Waals surface area contributed by atoms with Gasteiger partial charge in [0.1, 0.15) is 6.61 Å². The third kappa shape index (κ3) is 28.2. The van der Waals surface area contributed by atoms with Gasteiger partial charge in [-0.25, -0.2) is 9.36 Å². The van der Waals surface area contributed by atoms with Crippen molar-refractivity contribution < 1.29 is 47.5 Å². The number of carboxylic acid groups (broad SMARTS) is 1. The third-order valence-corrected chi connectivity index (χ3v) is 7.49. The van der Waals surface area contributed by atoms with Crippen LogP contribution in [0.4, 0.5) is 4.79 Å². The van der Waals surface area contributed by atoms with Crippen LogP contribution in [0.25, 0.3) is 0 Å². The number of unbranched alkanes of at least 4 members (excludes halogenated alkanes) is 15. The summed E-state index contributed by atoms with van der Waals surface area (Å²) in [6, 6.07) is 0. The van der Waals surface area contributed by atoms with Crippen LogP contribution >= 0.6 is 7.82 Å². The zero-order valence-electron chi connectivity index (χ0n) is 25.4. The first-order valence-corrected chi connectivity index (χ1v) is 17.1. The van der Waals surface area contributed by atoms with Crippen LogP contribution in [0.3, 0.4) is 0 Å². The highest BCUT2D eigenvalue weighted by atomic mass is 31.2. The van der Waals surface area contributed by atoms with E-state index in [9.17, 15) is 23.8 Å².